The molecule has 0 radical (unpaired) electrons. The Labute approximate surface area is 241 Å². The van der Waals surface area contributed by atoms with Gasteiger partial charge in [-0.2, -0.15) is 0 Å². The van der Waals surface area contributed by atoms with Gasteiger partial charge in [-0.15, -0.1) is 0 Å². The van der Waals surface area contributed by atoms with E-state index in [4.69, 9.17) is 18.9 Å². The van der Waals surface area contributed by atoms with Crippen molar-refractivity contribution in [3.8, 4) is 0 Å². The first-order valence-electron chi connectivity index (χ1n) is 12.9. The van der Waals surface area contributed by atoms with Gasteiger partial charge < -0.3 is 38.9 Å². The van der Waals surface area contributed by atoms with Gasteiger partial charge in [0, 0.05) is 36.4 Å². The molecule has 4 heterocycles. The molecule has 2 aliphatic rings. The quantitative estimate of drug-likeness (QED) is 0.140. The number of aryl methyl sites for hydroxylation is 2. The molecule has 0 aromatic carbocycles. The van der Waals surface area contributed by atoms with Gasteiger partial charge in [0.2, 0.25) is 0 Å². The van der Waals surface area contributed by atoms with Crippen LogP contribution in [0, 0.1) is 13.8 Å². The van der Waals surface area contributed by atoms with E-state index in [1.165, 1.54) is 26.2 Å². The summed E-state index contributed by atoms with van der Waals surface area (Å²) in [6, 6.07) is 0. The Balaban J connectivity index is 1.34. The molecular weight excluding hydrogens is 622 g/mol. The third-order valence-corrected chi connectivity index (χ3v) is 9.78. The minimum absolute atomic E-state index is 0.0835. The maximum atomic E-state index is 12.6. The average molecular weight is 654 g/mol. The van der Waals surface area contributed by atoms with Crippen LogP contribution in [0.3, 0.4) is 0 Å². The Hall–Kier alpha value is -2.54. The van der Waals surface area contributed by atoms with E-state index in [1.54, 1.807) is 0 Å². The number of hydrogen-bond acceptors (Lipinski definition) is 13. The molecule has 0 aliphatic carbocycles. The molecule has 0 amide bonds. The van der Waals surface area contributed by atoms with E-state index in [2.05, 4.69) is 14.3 Å². The molecule has 2 unspecified atom stereocenters. The first kappa shape index (κ1) is 33.4. The maximum Gasteiger partial charge on any atom is 0.360 e. The first-order valence-corrected chi connectivity index (χ1v) is 16.4. The number of aliphatic hydroxyl groups is 2. The molecule has 19 nitrogen and oxygen atoms in total. The number of aromatic amines is 2. The molecule has 8 atom stereocenters. The largest absolute Gasteiger partial charge is 0.394 e. The van der Waals surface area contributed by atoms with Gasteiger partial charge in [-0.05, 0) is 13.8 Å². The molecule has 4 rings (SSSR count). The number of nitrogens with one attached hydrogen (secondary N) is 2. The van der Waals surface area contributed by atoms with E-state index in [1.807, 2.05) is 0 Å². The summed E-state index contributed by atoms with van der Waals surface area (Å²) in [5.74, 6) is 0. The third kappa shape index (κ3) is 7.95. The van der Waals surface area contributed by atoms with Crippen molar-refractivity contribution in [2.75, 3.05) is 25.9 Å². The number of hydrogen-bond donors (Lipinski definition) is 6. The molecule has 240 valence electrons. The number of ether oxygens (including phenoxy) is 4. The van der Waals surface area contributed by atoms with Crippen molar-refractivity contribution in [1.82, 2.24) is 19.1 Å². The molecule has 2 aromatic heterocycles. The zero-order valence-corrected chi connectivity index (χ0v) is 24.7. The fourth-order valence-electron chi connectivity index (χ4n) is 4.65. The zero-order valence-electron chi connectivity index (χ0n) is 22.9. The molecule has 2 aliphatic heterocycles. The van der Waals surface area contributed by atoms with Gasteiger partial charge >= 0.3 is 26.6 Å². The summed E-state index contributed by atoms with van der Waals surface area (Å²) >= 11 is 0. The summed E-state index contributed by atoms with van der Waals surface area (Å²) < 4.78 is 53.9. The minimum atomic E-state index is -4.91. The number of rotatable bonds is 12. The molecule has 2 saturated heterocycles. The van der Waals surface area contributed by atoms with Crippen LogP contribution in [0.1, 0.15) is 36.4 Å². The highest BCUT2D eigenvalue weighted by molar-refractivity contribution is 7.66. The van der Waals surface area contributed by atoms with Gasteiger partial charge in [-0.25, -0.2) is 13.9 Å². The molecule has 21 heteroatoms. The van der Waals surface area contributed by atoms with Gasteiger partial charge in [0.05, 0.1) is 25.4 Å². The smallest absolute Gasteiger partial charge is 0.360 e. The predicted octanol–water partition coefficient (Wildman–Crippen LogP) is -1.66. The topological polar surface area (TPSA) is 271 Å². The van der Waals surface area contributed by atoms with Gasteiger partial charge in [-0.3, -0.25) is 37.8 Å². The number of nitrogens with zero attached hydrogens (tertiary/aromatic N) is 2. The Morgan fingerprint density at radius 1 is 0.791 bits per heavy atom. The molecule has 2 aromatic rings. The van der Waals surface area contributed by atoms with Gasteiger partial charge in [0.1, 0.15) is 37.4 Å². The minimum Gasteiger partial charge on any atom is -0.394 e. The molecular formula is C22H32N4O15P2. The molecule has 0 spiro atoms. The monoisotopic (exact) mass is 654 g/mol. The second-order valence-electron chi connectivity index (χ2n) is 10.1. The highest BCUT2D eigenvalue weighted by Gasteiger charge is 2.42. The van der Waals surface area contributed by atoms with E-state index in [0.29, 0.717) is 0 Å². The van der Waals surface area contributed by atoms with E-state index in [0.717, 1.165) is 9.13 Å². The summed E-state index contributed by atoms with van der Waals surface area (Å²) in [6.45, 7) is 1.74. The Morgan fingerprint density at radius 3 is 1.51 bits per heavy atom. The van der Waals surface area contributed by atoms with Crippen LogP contribution in [0.25, 0.3) is 0 Å². The van der Waals surface area contributed by atoms with E-state index in [9.17, 15) is 48.3 Å². The summed E-state index contributed by atoms with van der Waals surface area (Å²) in [4.78, 5) is 72.3. The summed E-state index contributed by atoms with van der Waals surface area (Å²) in [7, 11) is -9.82. The van der Waals surface area contributed by atoms with Crippen LogP contribution in [-0.4, -0.2) is 89.4 Å². The van der Waals surface area contributed by atoms with Gasteiger partial charge in [0.15, 0.2) is 0 Å². The summed E-state index contributed by atoms with van der Waals surface area (Å²) in [5, 5.41) is 19.3. The van der Waals surface area contributed by atoms with Crippen LogP contribution in [0.2, 0.25) is 0 Å². The van der Waals surface area contributed by atoms with E-state index in [-0.39, 0.29) is 24.0 Å². The van der Waals surface area contributed by atoms with Crippen molar-refractivity contribution in [1.29, 1.82) is 0 Å². The van der Waals surface area contributed by atoms with Crippen molar-refractivity contribution in [3.63, 3.8) is 0 Å². The van der Waals surface area contributed by atoms with Gasteiger partial charge in [-0.1, -0.05) is 0 Å². The maximum absolute atomic E-state index is 12.6. The standard InChI is InChI=1S/C22H32N4O15P2/c1-11-5-25(21(31)23-19(11)29)17-3-13(15(7-27)39-17)37-9-42(33,34)41-43(35,36)10-38-14-4-18(40-16(14)8-28)26-6-12(2)20(30)24-22(26)32/h5-6,13-18,27-28H,3-4,7-10H2,1-2H3,(H,33,34)(H,35,36)(H,23,29,31)(H,24,30,32)/t13-,14-,15+,16+,17-,18-/m0/s1. The van der Waals surface area contributed by atoms with Crippen LogP contribution < -0.4 is 22.5 Å². The molecule has 0 bridgehead atoms. The Morgan fingerprint density at radius 2 is 1.16 bits per heavy atom. The lowest BCUT2D eigenvalue weighted by Crippen LogP contribution is -2.33. The van der Waals surface area contributed by atoms with Crippen molar-refractivity contribution in [2.24, 2.45) is 0 Å². The van der Waals surface area contributed by atoms with Crippen LogP contribution in [0.4, 0.5) is 0 Å². The van der Waals surface area contributed by atoms with Crippen molar-refractivity contribution >= 4 is 15.2 Å². The molecule has 6 N–H and O–H groups in total. The van der Waals surface area contributed by atoms with Crippen molar-refractivity contribution in [3.05, 3.63) is 65.2 Å². The van der Waals surface area contributed by atoms with Crippen molar-refractivity contribution in [2.45, 2.75) is 63.6 Å². The van der Waals surface area contributed by atoms with Crippen LogP contribution in [-0.2, 0) is 32.4 Å². The Bertz CT molecular complexity index is 1530. The molecule has 43 heavy (non-hydrogen) atoms. The summed E-state index contributed by atoms with van der Waals surface area (Å²) in [5.41, 5.74) is -2.31. The lowest BCUT2D eigenvalue weighted by Gasteiger charge is -2.22. The zero-order chi connectivity index (χ0) is 31.7. The fraction of sp³-hybridized carbons (Fsp3) is 0.636. The highest BCUT2D eigenvalue weighted by Crippen LogP contribution is 2.59. The first-order chi connectivity index (χ1) is 20.1. The summed E-state index contributed by atoms with van der Waals surface area (Å²) in [6.07, 6.45) is -5.98. The molecule has 2 fully saturated rings. The normalized spacial score (nSPS) is 28.5. The van der Waals surface area contributed by atoms with Crippen LogP contribution in [0.15, 0.2) is 31.6 Å². The fourth-order valence-corrected chi connectivity index (χ4v) is 7.38. The number of H-pyrrole nitrogens is 2. The highest BCUT2D eigenvalue weighted by atomic mass is 31.3. The molecule has 0 saturated carbocycles. The third-order valence-electron chi connectivity index (χ3n) is 6.79. The van der Waals surface area contributed by atoms with E-state index < -0.39 is 100 Å². The lowest BCUT2D eigenvalue weighted by atomic mass is 10.2. The number of aliphatic hydroxyl groups excluding tert-OH is 2. The van der Waals surface area contributed by atoms with Crippen molar-refractivity contribution < 1.29 is 52.4 Å². The predicted molar refractivity (Wildman–Crippen MR) is 144 cm³/mol. The van der Waals surface area contributed by atoms with Crippen LogP contribution >= 0.6 is 15.2 Å². The van der Waals surface area contributed by atoms with Crippen LogP contribution in [0.5, 0.6) is 0 Å². The average Bonchev–Trinajstić information content (AvgIpc) is 3.53. The Kier molecular flexibility index (Phi) is 10.3. The second kappa shape index (κ2) is 13.2. The van der Waals surface area contributed by atoms with E-state index >= 15 is 0 Å². The lowest BCUT2D eigenvalue weighted by molar-refractivity contribution is -0.0582. The number of aromatic nitrogens is 4. The second-order valence-corrected chi connectivity index (χ2v) is 13.8. The SMILES string of the molecule is Cc1cn([C@@H]2C[C@H](OCP(=O)(O)OP(=O)(O)CO[C@H]3C[C@@H](n4cc(C)c(=O)[nH]c4=O)O[C@@H]3CO)[C@@H](CO)O2)c(=O)[nH]c1=O. The van der Waals surface area contributed by atoms with Gasteiger partial charge in [0.25, 0.3) is 11.1 Å².